The highest BCUT2D eigenvalue weighted by atomic mass is 16.6. The minimum atomic E-state index is 0.588. The second-order valence-corrected chi connectivity index (χ2v) is 3.83. The Hall–Kier alpha value is -0.570. The standard InChI is InChI=1S/C9H16N2O/c1-7-5-11(8-3-4-8)6-9(7)10-12-2/h7-8H,3-6H2,1-2H3/b10-9+. The predicted octanol–water partition coefficient (Wildman–Crippen LogP) is 1.10. The molecule has 68 valence electrons. The summed E-state index contributed by atoms with van der Waals surface area (Å²) in [6.07, 6.45) is 2.76. The largest absolute Gasteiger partial charge is 0.399 e. The van der Waals surface area contributed by atoms with Gasteiger partial charge in [0.05, 0.1) is 5.71 Å². The lowest BCUT2D eigenvalue weighted by molar-refractivity contribution is 0.211. The zero-order valence-corrected chi connectivity index (χ0v) is 7.79. The summed E-state index contributed by atoms with van der Waals surface area (Å²) < 4.78 is 0. The number of hydrogen-bond donors (Lipinski definition) is 0. The molecule has 3 heteroatoms. The third-order valence-corrected chi connectivity index (χ3v) is 2.71. The minimum Gasteiger partial charge on any atom is -0.399 e. The molecule has 3 nitrogen and oxygen atoms in total. The van der Waals surface area contributed by atoms with Crippen LogP contribution in [0.5, 0.6) is 0 Å². The van der Waals surface area contributed by atoms with Crippen LogP contribution >= 0.6 is 0 Å². The molecule has 0 bridgehead atoms. The van der Waals surface area contributed by atoms with Gasteiger partial charge in [-0.15, -0.1) is 0 Å². The molecule has 1 unspecified atom stereocenters. The van der Waals surface area contributed by atoms with Crippen molar-refractivity contribution >= 4 is 5.71 Å². The Morgan fingerprint density at radius 3 is 2.83 bits per heavy atom. The molecular formula is C9H16N2O. The number of hydrogen-bond acceptors (Lipinski definition) is 3. The van der Waals surface area contributed by atoms with Crippen LogP contribution in [0.1, 0.15) is 19.8 Å². The van der Waals surface area contributed by atoms with Gasteiger partial charge in [0.2, 0.25) is 0 Å². The van der Waals surface area contributed by atoms with E-state index in [-0.39, 0.29) is 0 Å². The van der Waals surface area contributed by atoms with Gasteiger partial charge in [-0.2, -0.15) is 0 Å². The molecule has 0 aromatic heterocycles. The van der Waals surface area contributed by atoms with Crippen molar-refractivity contribution in [2.45, 2.75) is 25.8 Å². The third kappa shape index (κ3) is 1.46. The third-order valence-electron chi connectivity index (χ3n) is 2.71. The number of nitrogens with zero attached hydrogens (tertiary/aromatic N) is 2. The fraction of sp³-hybridized carbons (Fsp3) is 0.889. The first kappa shape index (κ1) is 8.05. The van der Waals surface area contributed by atoms with E-state index >= 15 is 0 Å². The second kappa shape index (κ2) is 3.05. The van der Waals surface area contributed by atoms with E-state index in [1.807, 2.05) is 0 Å². The summed E-state index contributed by atoms with van der Waals surface area (Å²) >= 11 is 0. The summed E-state index contributed by atoms with van der Waals surface area (Å²) in [5.74, 6) is 0.588. The number of oxime groups is 1. The average Bonchev–Trinajstić information content (AvgIpc) is 2.80. The topological polar surface area (TPSA) is 24.8 Å². The van der Waals surface area contributed by atoms with E-state index < -0.39 is 0 Å². The fourth-order valence-electron chi connectivity index (χ4n) is 1.84. The Morgan fingerprint density at radius 2 is 2.25 bits per heavy atom. The molecule has 2 aliphatic rings. The van der Waals surface area contributed by atoms with Gasteiger partial charge < -0.3 is 4.84 Å². The van der Waals surface area contributed by atoms with Crippen LogP contribution in [-0.4, -0.2) is 36.9 Å². The highest BCUT2D eigenvalue weighted by molar-refractivity contribution is 5.90. The van der Waals surface area contributed by atoms with E-state index in [0.717, 1.165) is 12.6 Å². The average molecular weight is 168 g/mol. The van der Waals surface area contributed by atoms with Gasteiger partial charge in [-0.05, 0) is 12.8 Å². The van der Waals surface area contributed by atoms with E-state index in [2.05, 4.69) is 17.0 Å². The molecule has 2 rings (SSSR count). The predicted molar refractivity (Wildman–Crippen MR) is 48.2 cm³/mol. The van der Waals surface area contributed by atoms with Crippen molar-refractivity contribution in [3.8, 4) is 0 Å². The van der Waals surface area contributed by atoms with E-state index in [0.29, 0.717) is 5.92 Å². The summed E-state index contributed by atoms with van der Waals surface area (Å²) in [6.45, 7) is 4.42. The zero-order valence-electron chi connectivity index (χ0n) is 7.79. The van der Waals surface area contributed by atoms with Crippen LogP contribution in [0.15, 0.2) is 5.16 Å². The van der Waals surface area contributed by atoms with Crippen LogP contribution in [0.3, 0.4) is 0 Å². The molecule has 0 N–H and O–H groups in total. The zero-order chi connectivity index (χ0) is 8.55. The van der Waals surface area contributed by atoms with Crippen LogP contribution < -0.4 is 0 Å². The highest BCUT2D eigenvalue weighted by Gasteiger charge is 2.36. The van der Waals surface area contributed by atoms with Gasteiger partial charge >= 0.3 is 0 Å². The van der Waals surface area contributed by atoms with Gasteiger partial charge in [0.1, 0.15) is 7.11 Å². The minimum absolute atomic E-state index is 0.588. The molecule has 1 atom stereocenters. The van der Waals surface area contributed by atoms with Gasteiger partial charge in [0, 0.05) is 25.0 Å². The van der Waals surface area contributed by atoms with Crippen LogP contribution in [0.25, 0.3) is 0 Å². The quantitative estimate of drug-likeness (QED) is 0.577. The van der Waals surface area contributed by atoms with Gasteiger partial charge in [0.25, 0.3) is 0 Å². The maximum absolute atomic E-state index is 4.81. The molecule has 1 saturated heterocycles. The molecule has 2 fully saturated rings. The van der Waals surface area contributed by atoms with Crippen molar-refractivity contribution in [3.63, 3.8) is 0 Å². The summed E-state index contributed by atoms with van der Waals surface area (Å²) in [4.78, 5) is 7.32. The van der Waals surface area contributed by atoms with Gasteiger partial charge in [-0.1, -0.05) is 12.1 Å². The Balaban J connectivity index is 1.96. The molecule has 0 aromatic carbocycles. The lowest BCUT2D eigenvalue weighted by Gasteiger charge is -2.11. The molecular weight excluding hydrogens is 152 g/mol. The molecule has 0 spiro atoms. The highest BCUT2D eigenvalue weighted by Crippen LogP contribution is 2.30. The molecule has 0 aromatic rings. The molecule has 1 aliphatic carbocycles. The van der Waals surface area contributed by atoms with Crippen LogP contribution in [-0.2, 0) is 4.84 Å². The molecule has 1 saturated carbocycles. The second-order valence-electron chi connectivity index (χ2n) is 3.83. The van der Waals surface area contributed by atoms with Crippen LogP contribution in [0.4, 0.5) is 0 Å². The Labute approximate surface area is 73.4 Å². The van der Waals surface area contributed by atoms with Crippen molar-refractivity contribution in [1.29, 1.82) is 0 Å². The van der Waals surface area contributed by atoms with Crippen LogP contribution in [0, 0.1) is 5.92 Å². The monoisotopic (exact) mass is 168 g/mol. The summed E-state index contributed by atoms with van der Waals surface area (Å²) in [5, 5.41) is 4.04. The Morgan fingerprint density at radius 1 is 1.50 bits per heavy atom. The Kier molecular flexibility index (Phi) is 2.05. The van der Waals surface area contributed by atoms with E-state index in [1.54, 1.807) is 7.11 Å². The summed E-state index contributed by atoms with van der Waals surface area (Å²) in [6, 6.07) is 0.858. The van der Waals surface area contributed by atoms with E-state index in [1.165, 1.54) is 25.1 Å². The lowest BCUT2D eigenvalue weighted by Crippen LogP contribution is -2.23. The number of rotatable bonds is 2. The SMILES string of the molecule is CO/N=C1\CN(C2CC2)CC1C. The van der Waals surface area contributed by atoms with Crippen molar-refractivity contribution in [1.82, 2.24) is 4.90 Å². The van der Waals surface area contributed by atoms with Crippen LogP contribution in [0.2, 0.25) is 0 Å². The summed E-state index contributed by atoms with van der Waals surface area (Å²) in [7, 11) is 1.62. The molecule has 0 amide bonds. The number of likely N-dealkylation sites (tertiary alicyclic amines) is 1. The Bertz CT molecular complexity index is 199. The van der Waals surface area contributed by atoms with E-state index in [9.17, 15) is 0 Å². The lowest BCUT2D eigenvalue weighted by atomic mass is 10.1. The fourth-order valence-corrected chi connectivity index (χ4v) is 1.84. The van der Waals surface area contributed by atoms with E-state index in [4.69, 9.17) is 4.84 Å². The molecule has 1 aliphatic heterocycles. The summed E-state index contributed by atoms with van der Waals surface area (Å²) in [5.41, 5.74) is 1.21. The van der Waals surface area contributed by atoms with Crippen molar-refractivity contribution in [2.75, 3.05) is 20.2 Å². The first-order chi connectivity index (χ1) is 5.81. The van der Waals surface area contributed by atoms with Crippen molar-refractivity contribution < 1.29 is 4.84 Å². The molecule has 1 heterocycles. The smallest absolute Gasteiger partial charge is 0.106 e. The normalized spacial score (nSPS) is 34.5. The maximum atomic E-state index is 4.81. The first-order valence-corrected chi connectivity index (χ1v) is 4.65. The van der Waals surface area contributed by atoms with Crippen molar-refractivity contribution in [3.05, 3.63) is 0 Å². The van der Waals surface area contributed by atoms with Gasteiger partial charge in [0.15, 0.2) is 0 Å². The van der Waals surface area contributed by atoms with Gasteiger partial charge in [-0.25, -0.2) is 0 Å². The van der Waals surface area contributed by atoms with Crippen molar-refractivity contribution in [2.24, 2.45) is 11.1 Å². The molecule has 0 radical (unpaired) electrons. The van der Waals surface area contributed by atoms with Gasteiger partial charge in [-0.3, -0.25) is 4.90 Å². The first-order valence-electron chi connectivity index (χ1n) is 4.65. The molecule has 12 heavy (non-hydrogen) atoms. The maximum Gasteiger partial charge on any atom is 0.106 e.